The molecule has 0 bridgehead atoms. The molecule has 1 atom stereocenters. The minimum absolute atomic E-state index is 0.521. The topological polar surface area (TPSA) is 24.1 Å². The summed E-state index contributed by atoms with van der Waals surface area (Å²) in [7, 11) is 0. The highest BCUT2D eigenvalue weighted by Crippen LogP contribution is 2.09. The minimum atomic E-state index is 0.521. The number of benzene rings is 1. The van der Waals surface area contributed by atoms with E-state index in [1.807, 2.05) is 12.1 Å². The molecule has 0 aliphatic rings. The Hall–Kier alpha value is -0.570. The van der Waals surface area contributed by atoms with Gasteiger partial charge in [-0.1, -0.05) is 30.7 Å². The fourth-order valence-corrected chi connectivity index (χ4v) is 1.67. The van der Waals surface area contributed by atoms with Crippen LogP contribution >= 0.6 is 11.6 Å². The second kappa shape index (κ2) is 7.66. The molecule has 0 aromatic heterocycles. The van der Waals surface area contributed by atoms with Gasteiger partial charge in [0.2, 0.25) is 0 Å². The molecule has 0 amide bonds. The predicted octanol–water partition coefficient (Wildman–Crippen LogP) is 2.47. The van der Waals surface area contributed by atoms with Crippen LogP contribution in [0.2, 0.25) is 5.02 Å². The summed E-state index contributed by atoms with van der Waals surface area (Å²) in [6, 6.07) is 8.57. The van der Waals surface area contributed by atoms with Crippen molar-refractivity contribution >= 4 is 11.6 Å². The zero-order valence-corrected chi connectivity index (χ0v) is 10.8. The first-order chi connectivity index (χ1) is 7.72. The Balaban J connectivity index is 2.17. The summed E-state index contributed by atoms with van der Waals surface area (Å²) in [6.45, 7) is 7.39. The fraction of sp³-hybridized carbons (Fsp3) is 0.538. The Kier molecular flexibility index (Phi) is 6.46. The zero-order valence-electron chi connectivity index (χ0n) is 10.1. The van der Waals surface area contributed by atoms with Crippen LogP contribution in [-0.4, -0.2) is 25.7 Å². The highest BCUT2D eigenvalue weighted by Gasteiger charge is 1.99. The Bertz CT molecular complexity index is 284. The van der Waals surface area contributed by atoms with Gasteiger partial charge in [-0.3, -0.25) is 0 Å². The number of likely N-dealkylation sites (N-methyl/N-ethyl adjacent to an activating group) is 1. The third-order valence-electron chi connectivity index (χ3n) is 2.52. The van der Waals surface area contributed by atoms with Crippen LogP contribution in [0.25, 0.3) is 0 Å². The molecule has 0 fully saturated rings. The average Bonchev–Trinajstić information content (AvgIpc) is 2.29. The van der Waals surface area contributed by atoms with Crippen molar-refractivity contribution in [2.24, 2.45) is 0 Å². The zero-order chi connectivity index (χ0) is 11.8. The van der Waals surface area contributed by atoms with Crippen LogP contribution in [-0.2, 0) is 6.42 Å². The summed E-state index contributed by atoms with van der Waals surface area (Å²) in [5.74, 6) is 0. The van der Waals surface area contributed by atoms with Gasteiger partial charge in [-0.15, -0.1) is 0 Å². The lowest BCUT2D eigenvalue weighted by molar-refractivity contribution is 0.512. The number of rotatable bonds is 7. The van der Waals surface area contributed by atoms with Gasteiger partial charge >= 0.3 is 0 Å². The largest absolute Gasteiger partial charge is 0.315 e. The number of nitrogens with one attached hydrogen (secondary N) is 2. The molecule has 90 valence electrons. The van der Waals surface area contributed by atoms with Gasteiger partial charge in [0.1, 0.15) is 0 Å². The van der Waals surface area contributed by atoms with E-state index in [9.17, 15) is 0 Å². The maximum Gasteiger partial charge on any atom is 0.0406 e. The lowest BCUT2D eigenvalue weighted by atomic mass is 10.1. The first-order valence-corrected chi connectivity index (χ1v) is 6.28. The smallest absolute Gasteiger partial charge is 0.0406 e. The van der Waals surface area contributed by atoms with E-state index in [1.165, 1.54) is 5.56 Å². The third kappa shape index (κ3) is 5.50. The first-order valence-electron chi connectivity index (χ1n) is 5.91. The van der Waals surface area contributed by atoms with Crippen LogP contribution in [0.5, 0.6) is 0 Å². The Morgan fingerprint density at radius 2 is 1.94 bits per heavy atom. The first kappa shape index (κ1) is 13.5. The second-order valence-electron chi connectivity index (χ2n) is 4.04. The molecule has 0 saturated carbocycles. The quantitative estimate of drug-likeness (QED) is 0.765. The van der Waals surface area contributed by atoms with E-state index in [1.54, 1.807) is 0 Å². The normalized spacial score (nSPS) is 12.7. The van der Waals surface area contributed by atoms with Crippen molar-refractivity contribution < 1.29 is 0 Å². The van der Waals surface area contributed by atoms with Gasteiger partial charge in [-0.2, -0.15) is 0 Å². The molecular formula is C13H21ClN2. The lowest BCUT2D eigenvalue weighted by Gasteiger charge is -2.13. The number of hydrogen-bond acceptors (Lipinski definition) is 2. The number of halogens is 1. The monoisotopic (exact) mass is 240 g/mol. The number of hydrogen-bond donors (Lipinski definition) is 2. The van der Waals surface area contributed by atoms with Crippen LogP contribution in [0.15, 0.2) is 24.3 Å². The SMILES string of the molecule is CCNCC(C)NCCc1ccc(Cl)cc1. The van der Waals surface area contributed by atoms with Gasteiger partial charge < -0.3 is 10.6 Å². The van der Waals surface area contributed by atoms with Crippen LogP contribution < -0.4 is 10.6 Å². The predicted molar refractivity (Wildman–Crippen MR) is 71.2 cm³/mol. The summed E-state index contributed by atoms with van der Waals surface area (Å²) in [4.78, 5) is 0. The van der Waals surface area contributed by atoms with E-state index in [0.29, 0.717) is 6.04 Å². The van der Waals surface area contributed by atoms with Crippen molar-refractivity contribution in [1.82, 2.24) is 10.6 Å². The molecule has 0 radical (unpaired) electrons. The molecule has 16 heavy (non-hydrogen) atoms. The van der Waals surface area contributed by atoms with E-state index >= 15 is 0 Å². The molecule has 0 aliphatic heterocycles. The fourth-order valence-electron chi connectivity index (χ4n) is 1.55. The van der Waals surface area contributed by atoms with Crippen LogP contribution in [0, 0.1) is 0 Å². The molecule has 0 heterocycles. The van der Waals surface area contributed by atoms with Crippen molar-refractivity contribution in [3.63, 3.8) is 0 Å². The van der Waals surface area contributed by atoms with Gasteiger partial charge in [-0.05, 0) is 44.1 Å². The summed E-state index contributed by atoms with van der Waals surface area (Å²) in [5.41, 5.74) is 1.33. The summed E-state index contributed by atoms with van der Waals surface area (Å²) in [5, 5.41) is 7.61. The molecule has 2 N–H and O–H groups in total. The van der Waals surface area contributed by atoms with Crippen molar-refractivity contribution in [3.05, 3.63) is 34.9 Å². The maximum absolute atomic E-state index is 5.83. The molecule has 1 rings (SSSR count). The molecule has 0 spiro atoms. The van der Waals surface area contributed by atoms with E-state index in [0.717, 1.165) is 31.1 Å². The van der Waals surface area contributed by atoms with Gasteiger partial charge in [0.25, 0.3) is 0 Å². The molecule has 1 aromatic rings. The van der Waals surface area contributed by atoms with E-state index < -0.39 is 0 Å². The van der Waals surface area contributed by atoms with E-state index in [2.05, 4.69) is 36.6 Å². The van der Waals surface area contributed by atoms with E-state index in [4.69, 9.17) is 11.6 Å². The summed E-state index contributed by atoms with van der Waals surface area (Å²) >= 11 is 5.83. The standard InChI is InChI=1S/C13H21ClN2/c1-3-15-10-11(2)16-9-8-12-4-6-13(14)7-5-12/h4-7,11,15-16H,3,8-10H2,1-2H3. The molecule has 0 aliphatic carbocycles. The van der Waals surface area contributed by atoms with E-state index in [-0.39, 0.29) is 0 Å². The molecular weight excluding hydrogens is 220 g/mol. The highest BCUT2D eigenvalue weighted by atomic mass is 35.5. The molecule has 3 heteroatoms. The average molecular weight is 241 g/mol. The van der Waals surface area contributed by atoms with Crippen LogP contribution in [0.4, 0.5) is 0 Å². The molecule has 1 aromatic carbocycles. The van der Waals surface area contributed by atoms with Gasteiger partial charge in [0.05, 0.1) is 0 Å². The Labute approximate surface area is 103 Å². The molecule has 1 unspecified atom stereocenters. The lowest BCUT2D eigenvalue weighted by Crippen LogP contribution is -2.37. The van der Waals surface area contributed by atoms with Crippen LogP contribution in [0.1, 0.15) is 19.4 Å². The van der Waals surface area contributed by atoms with Gasteiger partial charge in [0, 0.05) is 17.6 Å². The molecule has 0 saturated heterocycles. The third-order valence-corrected chi connectivity index (χ3v) is 2.77. The van der Waals surface area contributed by atoms with Crippen LogP contribution in [0.3, 0.4) is 0 Å². The summed E-state index contributed by atoms with van der Waals surface area (Å²) < 4.78 is 0. The summed E-state index contributed by atoms with van der Waals surface area (Å²) in [6.07, 6.45) is 1.05. The van der Waals surface area contributed by atoms with Crippen molar-refractivity contribution in [2.75, 3.05) is 19.6 Å². The Morgan fingerprint density at radius 3 is 2.56 bits per heavy atom. The van der Waals surface area contributed by atoms with Gasteiger partial charge in [0.15, 0.2) is 0 Å². The molecule has 2 nitrogen and oxygen atoms in total. The maximum atomic E-state index is 5.83. The highest BCUT2D eigenvalue weighted by molar-refractivity contribution is 6.30. The van der Waals surface area contributed by atoms with Crippen molar-refractivity contribution in [1.29, 1.82) is 0 Å². The minimum Gasteiger partial charge on any atom is -0.315 e. The second-order valence-corrected chi connectivity index (χ2v) is 4.48. The van der Waals surface area contributed by atoms with Crippen molar-refractivity contribution in [2.45, 2.75) is 26.3 Å². The Morgan fingerprint density at radius 1 is 1.25 bits per heavy atom. The van der Waals surface area contributed by atoms with Crippen molar-refractivity contribution in [3.8, 4) is 0 Å². The van der Waals surface area contributed by atoms with Gasteiger partial charge in [-0.25, -0.2) is 0 Å².